The largest absolute Gasteiger partial charge is 0.307 e. The zero-order valence-corrected chi connectivity index (χ0v) is 11.8. The lowest BCUT2D eigenvalue weighted by atomic mass is 9.88. The first-order valence-corrected chi connectivity index (χ1v) is 7.30. The molecule has 0 aromatic heterocycles. The third-order valence-corrected chi connectivity index (χ3v) is 4.18. The first kappa shape index (κ1) is 13.3. The Morgan fingerprint density at radius 2 is 1.90 bits per heavy atom. The average molecular weight is 269 g/mol. The van der Waals surface area contributed by atoms with Gasteiger partial charge in [0.1, 0.15) is 5.82 Å². The Morgan fingerprint density at radius 1 is 1.10 bits per heavy atom. The van der Waals surface area contributed by atoms with Gasteiger partial charge in [-0.3, -0.25) is 0 Å². The second-order valence-corrected chi connectivity index (χ2v) is 5.65. The molecule has 1 aliphatic carbocycles. The van der Waals surface area contributed by atoms with E-state index in [2.05, 4.69) is 36.5 Å². The van der Waals surface area contributed by atoms with Gasteiger partial charge in [-0.1, -0.05) is 36.4 Å². The standard InChI is InChI=1S/C18H20FN/c1-13(15-7-4-8-17(19)11-15)20-18-10-9-14-5-2-3-6-16(14)12-18/h2-8,11,13,18,20H,9-10,12H2,1H3/t13-,18?/m1/s1. The summed E-state index contributed by atoms with van der Waals surface area (Å²) in [6.45, 7) is 2.11. The molecule has 1 aliphatic rings. The van der Waals surface area contributed by atoms with Crippen molar-refractivity contribution in [3.8, 4) is 0 Å². The van der Waals surface area contributed by atoms with Crippen molar-refractivity contribution in [2.75, 3.05) is 0 Å². The molecule has 2 aromatic carbocycles. The minimum Gasteiger partial charge on any atom is -0.307 e. The molecule has 0 spiro atoms. The molecular weight excluding hydrogens is 249 g/mol. The third-order valence-electron chi connectivity index (χ3n) is 4.18. The van der Waals surface area contributed by atoms with Crippen LogP contribution in [0.1, 0.15) is 36.1 Å². The molecule has 0 aliphatic heterocycles. The van der Waals surface area contributed by atoms with Gasteiger partial charge in [0.25, 0.3) is 0 Å². The van der Waals surface area contributed by atoms with Crippen LogP contribution in [0.15, 0.2) is 48.5 Å². The van der Waals surface area contributed by atoms with Crippen molar-refractivity contribution in [2.45, 2.75) is 38.3 Å². The van der Waals surface area contributed by atoms with E-state index in [4.69, 9.17) is 0 Å². The van der Waals surface area contributed by atoms with E-state index in [0.29, 0.717) is 6.04 Å². The summed E-state index contributed by atoms with van der Waals surface area (Å²) in [5.74, 6) is -0.162. The monoisotopic (exact) mass is 269 g/mol. The molecule has 104 valence electrons. The van der Waals surface area contributed by atoms with Crippen LogP contribution in [0.3, 0.4) is 0 Å². The summed E-state index contributed by atoms with van der Waals surface area (Å²) < 4.78 is 13.3. The van der Waals surface area contributed by atoms with Gasteiger partial charge >= 0.3 is 0 Å². The summed E-state index contributed by atoms with van der Waals surface area (Å²) in [4.78, 5) is 0. The minimum atomic E-state index is -0.162. The SMILES string of the molecule is C[C@@H](NC1CCc2ccccc2C1)c1cccc(F)c1. The highest BCUT2D eigenvalue weighted by Crippen LogP contribution is 2.23. The maximum atomic E-state index is 13.3. The maximum absolute atomic E-state index is 13.3. The van der Waals surface area contributed by atoms with Gasteiger partial charge in [0.15, 0.2) is 0 Å². The van der Waals surface area contributed by atoms with E-state index in [0.717, 1.165) is 24.8 Å². The van der Waals surface area contributed by atoms with Crippen LogP contribution in [0.5, 0.6) is 0 Å². The van der Waals surface area contributed by atoms with Crippen LogP contribution < -0.4 is 5.32 Å². The van der Waals surface area contributed by atoms with Crippen molar-refractivity contribution in [1.82, 2.24) is 5.32 Å². The predicted molar refractivity (Wildman–Crippen MR) is 80.2 cm³/mol. The Bertz CT molecular complexity index is 593. The smallest absolute Gasteiger partial charge is 0.123 e. The fraction of sp³-hybridized carbons (Fsp3) is 0.333. The minimum absolute atomic E-state index is 0.162. The van der Waals surface area contributed by atoms with Gasteiger partial charge in [0, 0.05) is 12.1 Å². The fourth-order valence-electron chi connectivity index (χ4n) is 3.07. The van der Waals surface area contributed by atoms with Crippen molar-refractivity contribution in [2.24, 2.45) is 0 Å². The van der Waals surface area contributed by atoms with Crippen molar-refractivity contribution in [1.29, 1.82) is 0 Å². The highest BCUT2D eigenvalue weighted by Gasteiger charge is 2.20. The van der Waals surface area contributed by atoms with Gasteiger partial charge in [-0.2, -0.15) is 0 Å². The molecule has 1 nitrogen and oxygen atoms in total. The van der Waals surface area contributed by atoms with E-state index in [1.165, 1.54) is 17.2 Å². The summed E-state index contributed by atoms with van der Waals surface area (Å²) in [6, 6.07) is 16.2. The van der Waals surface area contributed by atoms with Gasteiger partial charge in [0.05, 0.1) is 0 Å². The third kappa shape index (κ3) is 2.91. The zero-order valence-electron chi connectivity index (χ0n) is 11.8. The van der Waals surface area contributed by atoms with Crippen LogP contribution in [0.25, 0.3) is 0 Å². The van der Waals surface area contributed by atoms with Crippen LogP contribution in [-0.4, -0.2) is 6.04 Å². The van der Waals surface area contributed by atoms with Gasteiger partial charge in [-0.05, 0) is 55.0 Å². The molecule has 2 aromatic rings. The zero-order chi connectivity index (χ0) is 13.9. The molecule has 1 N–H and O–H groups in total. The molecule has 0 saturated heterocycles. The normalized spacial score (nSPS) is 19.4. The molecule has 20 heavy (non-hydrogen) atoms. The first-order valence-electron chi connectivity index (χ1n) is 7.30. The lowest BCUT2D eigenvalue weighted by Crippen LogP contribution is -2.36. The van der Waals surface area contributed by atoms with E-state index in [-0.39, 0.29) is 11.9 Å². The number of hydrogen-bond acceptors (Lipinski definition) is 1. The second-order valence-electron chi connectivity index (χ2n) is 5.65. The molecule has 2 heteroatoms. The lowest BCUT2D eigenvalue weighted by molar-refractivity contribution is 0.413. The first-order chi connectivity index (χ1) is 9.72. The number of rotatable bonds is 3. The quantitative estimate of drug-likeness (QED) is 0.887. The molecule has 0 bridgehead atoms. The Morgan fingerprint density at radius 3 is 2.70 bits per heavy atom. The number of nitrogens with one attached hydrogen (secondary N) is 1. The van der Waals surface area contributed by atoms with Crippen LogP contribution in [-0.2, 0) is 12.8 Å². The van der Waals surface area contributed by atoms with Crippen molar-refractivity contribution >= 4 is 0 Å². The molecule has 0 amide bonds. The Labute approximate surface area is 119 Å². The summed E-state index contributed by atoms with van der Waals surface area (Å²) >= 11 is 0. The van der Waals surface area contributed by atoms with Gasteiger partial charge in [-0.25, -0.2) is 4.39 Å². The highest BCUT2D eigenvalue weighted by atomic mass is 19.1. The van der Waals surface area contributed by atoms with E-state index in [1.807, 2.05) is 6.07 Å². The number of benzene rings is 2. The summed E-state index contributed by atoms with van der Waals surface area (Å²) in [5.41, 5.74) is 3.94. The summed E-state index contributed by atoms with van der Waals surface area (Å²) in [5, 5.41) is 3.64. The van der Waals surface area contributed by atoms with E-state index in [1.54, 1.807) is 12.1 Å². The maximum Gasteiger partial charge on any atom is 0.123 e. The fourth-order valence-corrected chi connectivity index (χ4v) is 3.07. The van der Waals surface area contributed by atoms with Gasteiger partial charge in [0.2, 0.25) is 0 Å². The van der Waals surface area contributed by atoms with Crippen molar-refractivity contribution in [3.05, 3.63) is 71.0 Å². The van der Waals surface area contributed by atoms with Crippen LogP contribution >= 0.6 is 0 Å². The van der Waals surface area contributed by atoms with E-state index >= 15 is 0 Å². The van der Waals surface area contributed by atoms with Crippen LogP contribution in [0.2, 0.25) is 0 Å². The van der Waals surface area contributed by atoms with Gasteiger partial charge < -0.3 is 5.32 Å². The Balaban J connectivity index is 1.67. The van der Waals surface area contributed by atoms with Crippen molar-refractivity contribution < 1.29 is 4.39 Å². The highest BCUT2D eigenvalue weighted by molar-refractivity contribution is 5.30. The molecule has 0 fully saturated rings. The average Bonchev–Trinajstić information content (AvgIpc) is 2.47. The number of halogens is 1. The van der Waals surface area contributed by atoms with Crippen LogP contribution in [0.4, 0.5) is 4.39 Å². The lowest BCUT2D eigenvalue weighted by Gasteiger charge is -2.28. The second kappa shape index (κ2) is 5.76. The molecule has 0 saturated carbocycles. The molecule has 3 rings (SSSR count). The summed E-state index contributed by atoms with van der Waals surface area (Å²) in [7, 11) is 0. The Kier molecular flexibility index (Phi) is 3.83. The molecule has 2 atom stereocenters. The molecule has 0 heterocycles. The van der Waals surface area contributed by atoms with E-state index < -0.39 is 0 Å². The van der Waals surface area contributed by atoms with Crippen molar-refractivity contribution in [3.63, 3.8) is 0 Å². The predicted octanol–water partition coefficient (Wildman–Crippen LogP) is 4.03. The molecular formula is C18H20FN. The number of hydrogen-bond donors (Lipinski definition) is 1. The Hall–Kier alpha value is -1.67. The number of aryl methyl sites for hydroxylation is 1. The van der Waals surface area contributed by atoms with E-state index in [9.17, 15) is 4.39 Å². The number of fused-ring (bicyclic) bond motifs is 1. The van der Waals surface area contributed by atoms with Crippen LogP contribution in [0, 0.1) is 5.82 Å². The van der Waals surface area contributed by atoms with Gasteiger partial charge in [-0.15, -0.1) is 0 Å². The molecule has 1 unspecified atom stereocenters. The summed E-state index contributed by atoms with van der Waals surface area (Å²) in [6.07, 6.45) is 3.34. The topological polar surface area (TPSA) is 12.0 Å². The molecule has 0 radical (unpaired) electrons.